The number of nitrogens with zero attached hydrogens (tertiary/aromatic N) is 2. The molecule has 3 aromatic heterocycles. The van der Waals surface area contributed by atoms with Gasteiger partial charge in [-0.15, -0.1) is 0 Å². The summed E-state index contributed by atoms with van der Waals surface area (Å²) in [5, 5.41) is 6.74. The van der Waals surface area contributed by atoms with E-state index in [2.05, 4.69) is 198 Å². The van der Waals surface area contributed by atoms with Crippen molar-refractivity contribution in [2.75, 3.05) is 4.90 Å². The molecular weight excluding hydrogens is 709 g/mol. The van der Waals surface area contributed by atoms with Crippen LogP contribution in [0.2, 0.25) is 0 Å². The van der Waals surface area contributed by atoms with E-state index in [0.29, 0.717) is 0 Å². The third-order valence-electron chi connectivity index (χ3n) is 11.6. The fourth-order valence-corrected chi connectivity index (χ4v) is 8.99. The van der Waals surface area contributed by atoms with Crippen molar-refractivity contribution in [1.82, 2.24) is 4.57 Å². The third kappa shape index (κ3) is 4.95. The molecule has 0 amide bonds. The van der Waals surface area contributed by atoms with Gasteiger partial charge in [0.1, 0.15) is 16.7 Å². The van der Waals surface area contributed by atoms with Gasteiger partial charge >= 0.3 is 0 Å². The maximum atomic E-state index is 6.93. The van der Waals surface area contributed by atoms with E-state index in [1.54, 1.807) is 0 Å². The zero-order valence-corrected chi connectivity index (χ0v) is 31.3. The van der Waals surface area contributed by atoms with Crippen molar-refractivity contribution in [2.24, 2.45) is 0 Å². The van der Waals surface area contributed by atoms with Crippen LogP contribution in [0.15, 0.2) is 215 Å². The van der Waals surface area contributed by atoms with Gasteiger partial charge in [0, 0.05) is 43.9 Å². The highest BCUT2D eigenvalue weighted by Gasteiger charge is 2.25. The van der Waals surface area contributed by atoms with E-state index < -0.39 is 0 Å². The van der Waals surface area contributed by atoms with Crippen molar-refractivity contribution >= 4 is 82.7 Å². The molecule has 0 aliphatic carbocycles. The van der Waals surface area contributed by atoms with E-state index in [4.69, 9.17) is 8.83 Å². The molecule has 0 aliphatic rings. The zero-order valence-electron chi connectivity index (χ0n) is 31.3. The molecule has 4 heteroatoms. The van der Waals surface area contributed by atoms with Crippen LogP contribution in [0.1, 0.15) is 0 Å². The summed E-state index contributed by atoms with van der Waals surface area (Å²) >= 11 is 0. The van der Waals surface area contributed by atoms with Gasteiger partial charge in [0.05, 0.1) is 27.8 Å². The molecule has 0 unspecified atom stereocenters. The summed E-state index contributed by atoms with van der Waals surface area (Å²) in [4.78, 5) is 2.34. The van der Waals surface area contributed by atoms with Crippen LogP contribution in [0.5, 0.6) is 0 Å². The molecule has 0 aliphatic heterocycles. The Morgan fingerprint density at radius 2 is 0.931 bits per heavy atom. The molecule has 12 rings (SSSR count). The van der Waals surface area contributed by atoms with Gasteiger partial charge in [-0.05, 0) is 83.4 Å². The zero-order chi connectivity index (χ0) is 38.2. The Morgan fingerprint density at radius 3 is 1.69 bits per heavy atom. The Labute approximate surface area is 334 Å². The van der Waals surface area contributed by atoms with E-state index in [-0.39, 0.29) is 0 Å². The number of para-hydroxylation sites is 5. The number of hydrogen-bond acceptors (Lipinski definition) is 3. The quantitative estimate of drug-likeness (QED) is 0.170. The van der Waals surface area contributed by atoms with E-state index in [9.17, 15) is 0 Å². The summed E-state index contributed by atoms with van der Waals surface area (Å²) in [6, 6.07) is 73.0. The molecule has 3 heterocycles. The van der Waals surface area contributed by atoms with Crippen LogP contribution in [-0.4, -0.2) is 4.57 Å². The standard InChI is InChI=1S/C54H34N2O2/c1-2-14-35(15-3-1)36-28-30-38(31-29-36)55(49-25-13-22-44-43-20-6-10-26-50(43)57-53(44)49)48-33-32-40(54-52(48)45-21-7-11-27-51(45)58-54)37-16-12-17-39(34-37)56-46-23-8-4-18-41(46)42-19-5-9-24-47(42)56/h1-34H. The Kier molecular flexibility index (Phi) is 7.20. The van der Waals surface area contributed by atoms with Crippen molar-refractivity contribution in [3.05, 3.63) is 206 Å². The molecule has 58 heavy (non-hydrogen) atoms. The second kappa shape index (κ2) is 12.9. The highest BCUT2D eigenvalue weighted by atomic mass is 16.3. The van der Waals surface area contributed by atoms with E-state index >= 15 is 0 Å². The molecule has 4 nitrogen and oxygen atoms in total. The van der Waals surface area contributed by atoms with Crippen molar-refractivity contribution in [3.8, 4) is 27.9 Å². The van der Waals surface area contributed by atoms with Gasteiger partial charge in [0.2, 0.25) is 0 Å². The van der Waals surface area contributed by atoms with Gasteiger partial charge in [-0.2, -0.15) is 0 Å². The van der Waals surface area contributed by atoms with Crippen LogP contribution in [0, 0.1) is 0 Å². The van der Waals surface area contributed by atoms with Crippen LogP contribution in [0.3, 0.4) is 0 Å². The molecule has 0 radical (unpaired) electrons. The molecule has 272 valence electrons. The lowest BCUT2D eigenvalue weighted by Gasteiger charge is -2.27. The lowest BCUT2D eigenvalue weighted by Crippen LogP contribution is -2.10. The molecule has 0 spiro atoms. The number of hydrogen-bond donors (Lipinski definition) is 0. The van der Waals surface area contributed by atoms with Crippen LogP contribution < -0.4 is 4.90 Å². The summed E-state index contributed by atoms with van der Waals surface area (Å²) in [7, 11) is 0. The predicted molar refractivity (Wildman–Crippen MR) is 241 cm³/mol. The molecule has 0 fully saturated rings. The van der Waals surface area contributed by atoms with Crippen molar-refractivity contribution in [1.29, 1.82) is 0 Å². The van der Waals surface area contributed by atoms with Crippen LogP contribution in [0.4, 0.5) is 17.1 Å². The van der Waals surface area contributed by atoms with Gasteiger partial charge in [0.25, 0.3) is 0 Å². The number of furan rings is 2. The molecule has 0 saturated heterocycles. The molecule has 0 atom stereocenters. The van der Waals surface area contributed by atoms with Gasteiger partial charge in [0.15, 0.2) is 5.58 Å². The minimum absolute atomic E-state index is 0.833. The first-order valence-corrected chi connectivity index (χ1v) is 19.7. The summed E-state index contributed by atoms with van der Waals surface area (Å²) in [5.41, 5.74) is 14.2. The minimum atomic E-state index is 0.833. The van der Waals surface area contributed by atoms with Crippen molar-refractivity contribution < 1.29 is 8.83 Å². The normalized spacial score (nSPS) is 11.8. The number of rotatable bonds is 6. The molecular formula is C54H34N2O2. The average molecular weight is 743 g/mol. The number of anilines is 3. The summed E-state index contributed by atoms with van der Waals surface area (Å²) < 4.78 is 16.0. The Bertz CT molecular complexity index is 3460. The van der Waals surface area contributed by atoms with Gasteiger partial charge in [-0.25, -0.2) is 0 Å². The number of benzene rings is 9. The van der Waals surface area contributed by atoms with E-state index in [1.165, 1.54) is 27.4 Å². The van der Waals surface area contributed by atoms with Crippen LogP contribution >= 0.6 is 0 Å². The first kappa shape index (κ1) is 32.4. The fraction of sp³-hybridized carbons (Fsp3) is 0. The van der Waals surface area contributed by atoms with E-state index in [0.717, 1.165) is 83.3 Å². The average Bonchev–Trinajstić information content (AvgIpc) is 3.98. The summed E-state index contributed by atoms with van der Waals surface area (Å²) in [5.74, 6) is 0. The molecule has 0 saturated carbocycles. The first-order chi connectivity index (χ1) is 28.8. The molecule has 9 aromatic carbocycles. The number of aromatic nitrogens is 1. The van der Waals surface area contributed by atoms with Crippen LogP contribution in [-0.2, 0) is 0 Å². The molecule has 12 aromatic rings. The Morgan fingerprint density at radius 1 is 0.362 bits per heavy atom. The van der Waals surface area contributed by atoms with Gasteiger partial charge in [-0.1, -0.05) is 140 Å². The maximum absolute atomic E-state index is 6.93. The lowest BCUT2D eigenvalue weighted by molar-refractivity contribution is 0.668. The Balaban J connectivity index is 1.10. The second-order valence-corrected chi connectivity index (χ2v) is 14.9. The predicted octanol–water partition coefficient (Wildman–Crippen LogP) is 15.4. The van der Waals surface area contributed by atoms with Crippen molar-refractivity contribution in [2.45, 2.75) is 0 Å². The first-order valence-electron chi connectivity index (χ1n) is 19.7. The third-order valence-corrected chi connectivity index (χ3v) is 11.6. The molecule has 0 bridgehead atoms. The Hall–Kier alpha value is -7.82. The summed E-state index contributed by atoms with van der Waals surface area (Å²) in [6.45, 7) is 0. The highest BCUT2D eigenvalue weighted by molar-refractivity contribution is 6.19. The van der Waals surface area contributed by atoms with Gasteiger partial charge < -0.3 is 18.3 Å². The lowest BCUT2D eigenvalue weighted by atomic mass is 9.99. The highest BCUT2D eigenvalue weighted by Crippen LogP contribution is 2.49. The second-order valence-electron chi connectivity index (χ2n) is 14.9. The molecule has 0 N–H and O–H groups in total. The SMILES string of the molecule is c1ccc(-c2ccc(N(c3cccc4c3oc3ccccc34)c3ccc(-c4cccc(-n5c6ccccc6c6ccccc65)c4)c4oc5ccccc5c34)cc2)cc1. The fourth-order valence-electron chi connectivity index (χ4n) is 8.99. The van der Waals surface area contributed by atoms with Crippen molar-refractivity contribution in [3.63, 3.8) is 0 Å². The van der Waals surface area contributed by atoms with E-state index in [1.807, 2.05) is 18.2 Å². The van der Waals surface area contributed by atoms with Gasteiger partial charge in [-0.3, -0.25) is 0 Å². The minimum Gasteiger partial charge on any atom is -0.455 e. The topological polar surface area (TPSA) is 34.5 Å². The smallest absolute Gasteiger partial charge is 0.159 e. The summed E-state index contributed by atoms with van der Waals surface area (Å²) in [6.07, 6.45) is 0. The number of fused-ring (bicyclic) bond motifs is 9. The van der Waals surface area contributed by atoms with Crippen LogP contribution in [0.25, 0.3) is 93.6 Å². The maximum Gasteiger partial charge on any atom is 0.159 e. The monoisotopic (exact) mass is 742 g/mol. The largest absolute Gasteiger partial charge is 0.455 e.